The van der Waals surface area contributed by atoms with E-state index in [4.69, 9.17) is 18.2 Å². The standard InChI is InChI=1S/C49H29N3O3/c1-3-13-30(14-4-1)49-50-48-43(55-49)28-27-42-47(48)35-26-25-32(29-44(35)54-42)52(39-22-12-24-41-46(39)34-18-8-10-23-40(34)53-41)38-21-11-20-37-45(38)33-17-7-9-19-36(33)51(37)31-15-5-2-6-16-31/h1-29H. The molecule has 4 aromatic heterocycles. The highest BCUT2D eigenvalue weighted by Gasteiger charge is 2.25. The third-order valence-corrected chi connectivity index (χ3v) is 10.8. The van der Waals surface area contributed by atoms with E-state index in [0.717, 1.165) is 99.7 Å². The minimum Gasteiger partial charge on any atom is -0.456 e. The van der Waals surface area contributed by atoms with Crippen LogP contribution in [0.1, 0.15) is 0 Å². The Hall–Kier alpha value is -7.57. The van der Waals surface area contributed by atoms with Crippen molar-refractivity contribution in [1.29, 1.82) is 0 Å². The number of anilines is 3. The van der Waals surface area contributed by atoms with E-state index in [-0.39, 0.29) is 0 Å². The molecule has 0 radical (unpaired) electrons. The number of oxazole rings is 1. The van der Waals surface area contributed by atoms with E-state index in [1.165, 1.54) is 5.39 Å². The number of hydrogen-bond donors (Lipinski definition) is 0. The Morgan fingerprint density at radius 2 is 1.05 bits per heavy atom. The number of fused-ring (bicyclic) bond motifs is 11. The van der Waals surface area contributed by atoms with Gasteiger partial charge in [0, 0.05) is 44.5 Å². The van der Waals surface area contributed by atoms with Crippen molar-refractivity contribution >= 4 is 93.8 Å². The zero-order valence-corrected chi connectivity index (χ0v) is 29.3. The Bertz CT molecular complexity index is 3440. The smallest absolute Gasteiger partial charge is 0.227 e. The molecule has 0 N–H and O–H groups in total. The van der Waals surface area contributed by atoms with Crippen molar-refractivity contribution in [2.45, 2.75) is 0 Å². The second-order valence-corrected chi connectivity index (χ2v) is 13.9. The first-order valence-electron chi connectivity index (χ1n) is 18.4. The summed E-state index contributed by atoms with van der Waals surface area (Å²) < 4.78 is 21.7. The van der Waals surface area contributed by atoms with Crippen LogP contribution in [0, 0.1) is 0 Å². The molecule has 6 heteroatoms. The van der Waals surface area contributed by atoms with Gasteiger partial charge in [-0.15, -0.1) is 0 Å². The third-order valence-electron chi connectivity index (χ3n) is 10.8. The van der Waals surface area contributed by atoms with Gasteiger partial charge < -0.3 is 22.7 Å². The molecule has 0 spiro atoms. The largest absolute Gasteiger partial charge is 0.456 e. The van der Waals surface area contributed by atoms with Crippen LogP contribution in [0.2, 0.25) is 0 Å². The molecule has 0 fully saturated rings. The molecule has 8 aromatic carbocycles. The summed E-state index contributed by atoms with van der Waals surface area (Å²) in [6.07, 6.45) is 0. The van der Waals surface area contributed by atoms with Gasteiger partial charge in [0.1, 0.15) is 27.8 Å². The lowest BCUT2D eigenvalue weighted by Gasteiger charge is -2.27. The molecular weight excluding hydrogens is 679 g/mol. The van der Waals surface area contributed by atoms with Gasteiger partial charge in [-0.2, -0.15) is 0 Å². The fourth-order valence-electron chi connectivity index (χ4n) is 8.48. The van der Waals surface area contributed by atoms with Crippen LogP contribution in [-0.4, -0.2) is 9.55 Å². The van der Waals surface area contributed by atoms with Gasteiger partial charge in [0.05, 0.1) is 33.2 Å². The molecule has 12 rings (SSSR count). The van der Waals surface area contributed by atoms with Gasteiger partial charge in [-0.3, -0.25) is 0 Å². The highest BCUT2D eigenvalue weighted by Crippen LogP contribution is 2.48. The summed E-state index contributed by atoms with van der Waals surface area (Å²) >= 11 is 0. The van der Waals surface area contributed by atoms with E-state index in [1.807, 2.05) is 60.7 Å². The summed E-state index contributed by atoms with van der Waals surface area (Å²) in [5.74, 6) is 0.587. The number of furan rings is 2. The van der Waals surface area contributed by atoms with E-state index in [2.05, 4.69) is 125 Å². The number of rotatable bonds is 5. The molecule has 0 bridgehead atoms. The first-order valence-corrected chi connectivity index (χ1v) is 18.4. The maximum absolute atomic E-state index is 6.67. The molecule has 55 heavy (non-hydrogen) atoms. The van der Waals surface area contributed by atoms with Gasteiger partial charge in [-0.25, -0.2) is 4.98 Å². The van der Waals surface area contributed by atoms with Crippen molar-refractivity contribution in [3.05, 3.63) is 176 Å². The summed E-state index contributed by atoms with van der Waals surface area (Å²) in [6, 6.07) is 60.8. The van der Waals surface area contributed by atoms with Gasteiger partial charge in [-0.05, 0) is 84.9 Å². The number of nitrogens with zero attached hydrogens (tertiary/aromatic N) is 3. The van der Waals surface area contributed by atoms with Crippen LogP contribution in [0.5, 0.6) is 0 Å². The SMILES string of the molecule is c1ccc(-c2nc3c(ccc4oc5cc(N(c6cccc7oc8ccccc8c67)c6cccc7c6c6ccccc6n7-c6ccccc6)ccc5c43)o2)cc1. The second-order valence-electron chi connectivity index (χ2n) is 13.9. The van der Waals surface area contributed by atoms with Crippen LogP contribution < -0.4 is 4.90 Å². The molecule has 6 nitrogen and oxygen atoms in total. The fourth-order valence-corrected chi connectivity index (χ4v) is 8.48. The van der Waals surface area contributed by atoms with Crippen LogP contribution in [0.3, 0.4) is 0 Å². The van der Waals surface area contributed by atoms with Gasteiger partial charge in [0.25, 0.3) is 0 Å². The first kappa shape index (κ1) is 29.9. The van der Waals surface area contributed by atoms with Crippen molar-refractivity contribution in [3.8, 4) is 17.1 Å². The molecule has 0 atom stereocenters. The van der Waals surface area contributed by atoms with Gasteiger partial charge in [0.15, 0.2) is 5.58 Å². The minimum absolute atomic E-state index is 0.587. The number of hydrogen-bond acceptors (Lipinski definition) is 5. The fraction of sp³-hybridized carbons (Fsp3) is 0. The molecule has 0 amide bonds. The number of para-hydroxylation sites is 3. The van der Waals surface area contributed by atoms with Crippen molar-refractivity contribution < 1.29 is 13.3 Å². The van der Waals surface area contributed by atoms with Crippen molar-refractivity contribution in [2.75, 3.05) is 4.90 Å². The van der Waals surface area contributed by atoms with Crippen LogP contribution >= 0.6 is 0 Å². The molecule has 258 valence electrons. The lowest BCUT2D eigenvalue weighted by Crippen LogP contribution is -2.10. The minimum atomic E-state index is 0.587. The van der Waals surface area contributed by atoms with E-state index in [1.54, 1.807) is 0 Å². The summed E-state index contributed by atoms with van der Waals surface area (Å²) in [5, 5.41) is 6.33. The van der Waals surface area contributed by atoms with E-state index in [9.17, 15) is 0 Å². The van der Waals surface area contributed by atoms with Gasteiger partial charge >= 0.3 is 0 Å². The van der Waals surface area contributed by atoms with Crippen LogP contribution in [0.15, 0.2) is 189 Å². The van der Waals surface area contributed by atoms with Crippen LogP contribution in [-0.2, 0) is 0 Å². The average molecular weight is 708 g/mol. The molecule has 0 aliphatic rings. The second kappa shape index (κ2) is 11.5. The zero-order chi connectivity index (χ0) is 36.0. The Balaban J connectivity index is 1.15. The quantitative estimate of drug-likeness (QED) is 0.178. The molecule has 4 heterocycles. The molecular formula is C49H29N3O3. The van der Waals surface area contributed by atoms with Crippen LogP contribution in [0.4, 0.5) is 17.1 Å². The molecule has 0 aliphatic carbocycles. The van der Waals surface area contributed by atoms with Crippen molar-refractivity contribution in [2.24, 2.45) is 0 Å². The van der Waals surface area contributed by atoms with E-state index in [0.29, 0.717) is 5.89 Å². The maximum atomic E-state index is 6.67. The molecule has 0 saturated carbocycles. The van der Waals surface area contributed by atoms with E-state index < -0.39 is 0 Å². The Morgan fingerprint density at radius 3 is 1.93 bits per heavy atom. The predicted molar refractivity (Wildman–Crippen MR) is 223 cm³/mol. The molecule has 12 aromatic rings. The molecule has 0 aliphatic heterocycles. The monoisotopic (exact) mass is 707 g/mol. The predicted octanol–water partition coefficient (Wildman–Crippen LogP) is 13.9. The Kier molecular flexibility index (Phi) is 6.24. The highest BCUT2D eigenvalue weighted by atomic mass is 16.4. The lowest BCUT2D eigenvalue weighted by atomic mass is 10.0. The third kappa shape index (κ3) is 4.39. The highest BCUT2D eigenvalue weighted by molar-refractivity contribution is 6.21. The zero-order valence-electron chi connectivity index (χ0n) is 29.3. The lowest BCUT2D eigenvalue weighted by molar-refractivity contribution is 0.619. The normalized spacial score (nSPS) is 12.0. The summed E-state index contributed by atoms with van der Waals surface area (Å²) in [7, 11) is 0. The average Bonchev–Trinajstić information content (AvgIpc) is 4.02. The maximum Gasteiger partial charge on any atom is 0.227 e. The molecule has 0 unspecified atom stereocenters. The van der Waals surface area contributed by atoms with E-state index >= 15 is 0 Å². The Labute approximate surface area is 313 Å². The molecule has 0 saturated heterocycles. The van der Waals surface area contributed by atoms with Crippen molar-refractivity contribution in [3.63, 3.8) is 0 Å². The first-order chi connectivity index (χ1) is 27.3. The summed E-state index contributed by atoms with van der Waals surface area (Å²) in [6.45, 7) is 0. The Morgan fingerprint density at radius 1 is 0.418 bits per heavy atom. The van der Waals surface area contributed by atoms with Gasteiger partial charge in [-0.1, -0.05) is 84.9 Å². The van der Waals surface area contributed by atoms with Crippen molar-refractivity contribution in [1.82, 2.24) is 9.55 Å². The van der Waals surface area contributed by atoms with Gasteiger partial charge in [0.2, 0.25) is 5.89 Å². The number of aromatic nitrogens is 2. The topological polar surface area (TPSA) is 60.5 Å². The summed E-state index contributed by atoms with van der Waals surface area (Å²) in [5.41, 5.74) is 12.0. The number of benzene rings is 8. The summed E-state index contributed by atoms with van der Waals surface area (Å²) in [4.78, 5) is 7.35. The van der Waals surface area contributed by atoms with Crippen LogP contribution in [0.25, 0.3) is 93.9 Å².